The lowest BCUT2D eigenvalue weighted by atomic mass is 10.0. The van der Waals surface area contributed by atoms with E-state index in [1.54, 1.807) is 7.11 Å². The number of hydrogen-bond donors (Lipinski definition) is 0. The van der Waals surface area contributed by atoms with Gasteiger partial charge in [-0.25, -0.2) is 9.97 Å². The van der Waals surface area contributed by atoms with E-state index in [0.29, 0.717) is 12.0 Å². The molecule has 0 aliphatic carbocycles. The molecule has 4 heteroatoms. The molecular weight excluding hydrogens is 202 g/mol. The van der Waals surface area contributed by atoms with Gasteiger partial charge < -0.3 is 9.64 Å². The van der Waals surface area contributed by atoms with Crippen molar-refractivity contribution in [1.82, 2.24) is 9.97 Å². The summed E-state index contributed by atoms with van der Waals surface area (Å²) in [6, 6.07) is 0. The normalized spacial score (nSPS) is 18.3. The van der Waals surface area contributed by atoms with Crippen molar-refractivity contribution >= 4 is 5.95 Å². The summed E-state index contributed by atoms with van der Waals surface area (Å²) < 4.78 is 5.22. The standard InChI is InChI=1S/C12H19N3O/c1-4-9(2)10-5-13-12(14-6-10)15-7-11(8-15)16-3/h5-6,9,11H,4,7-8H2,1-3H3. The fourth-order valence-electron chi connectivity index (χ4n) is 1.74. The third kappa shape index (κ3) is 2.16. The van der Waals surface area contributed by atoms with Crippen LogP contribution in [0.3, 0.4) is 0 Å². The quantitative estimate of drug-likeness (QED) is 0.777. The predicted molar refractivity (Wildman–Crippen MR) is 63.7 cm³/mol. The zero-order valence-corrected chi connectivity index (χ0v) is 10.2. The van der Waals surface area contributed by atoms with E-state index < -0.39 is 0 Å². The van der Waals surface area contributed by atoms with Gasteiger partial charge in [0.25, 0.3) is 0 Å². The molecular formula is C12H19N3O. The third-order valence-electron chi connectivity index (χ3n) is 3.30. The zero-order chi connectivity index (χ0) is 11.5. The van der Waals surface area contributed by atoms with Gasteiger partial charge in [-0.05, 0) is 17.9 Å². The maximum absolute atomic E-state index is 5.22. The fourth-order valence-corrected chi connectivity index (χ4v) is 1.74. The maximum Gasteiger partial charge on any atom is 0.225 e. The van der Waals surface area contributed by atoms with Crippen LogP contribution in [-0.4, -0.2) is 36.3 Å². The molecule has 0 bridgehead atoms. The van der Waals surface area contributed by atoms with Gasteiger partial charge in [-0.1, -0.05) is 13.8 Å². The van der Waals surface area contributed by atoms with Gasteiger partial charge in [0.05, 0.1) is 6.10 Å². The van der Waals surface area contributed by atoms with Gasteiger partial charge in [-0.2, -0.15) is 0 Å². The Labute approximate surface area is 96.7 Å². The SMILES string of the molecule is CCC(C)c1cnc(N2CC(OC)C2)nc1. The molecule has 0 aromatic carbocycles. The van der Waals surface area contributed by atoms with Gasteiger partial charge in [0.1, 0.15) is 0 Å². The highest BCUT2D eigenvalue weighted by molar-refractivity contribution is 5.35. The molecule has 1 saturated heterocycles. The van der Waals surface area contributed by atoms with E-state index >= 15 is 0 Å². The third-order valence-corrected chi connectivity index (χ3v) is 3.30. The highest BCUT2D eigenvalue weighted by Gasteiger charge is 2.28. The molecule has 1 unspecified atom stereocenters. The van der Waals surface area contributed by atoms with Crippen LogP contribution < -0.4 is 4.90 Å². The van der Waals surface area contributed by atoms with Crippen LogP contribution in [0.1, 0.15) is 31.7 Å². The molecule has 0 N–H and O–H groups in total. The minimum Gasteiger partial charge on any atom is -0.378 e. The lowest BCUT2D eigenvalue weighted by Crippen LogP contribution is -2.52. The molecule has 0 amide bonds. The Morgan fingerprint density at radius 3 is 2.56 bits per heavy atom. The Bertz CT molecular complexity index is 333. The summed E-state index contributed by atoms with van der Waals surface area (Å²) in [5.74, 6) is 1.36. The first kappa shape index (κ1) is 11.3. The first-order valence-corrected chi connectivity index (χ1v) is 5.84. The molecule has 1 atom stereocenters. The van der Waals surface area contributed by atoms with Crippen LogP contribution in [-0.2, 0) is 4.74 Å². The van der Waals surface area contributed by atoms with Crippen LogP contribution in [0.4, 0.5) is 5.95 Å². The largest absolute Gasteiger partial charge is 0.378 e. The monoisotopic (exact) mass is 221 g/mol. The fraction of sp³-hybridized carbons (Fsp3) is 0.667. The molecule has 1 fully saturated rings. The van der Waals surface area contributed by atoms with Crippen LogP contribution in [0.15, 0.2) is 12.4 Å². The smallest absolute Gasteiger partial charge is 0.225 e. The van der Waals surface area contributed by atoms with Crippen LogP contribution in [0.2, 0.25) is 0 Å². The summed E-state index contributed by atoms with van der Waals surface area (Å²) in [5.41, 5.74) is 1.22. The molecule has 0 spiro atoms. The minimum atomic E-state index is 0.345. The summed E-state index contributed by atoms with van der Waals surface area (Å²) in [6.45, 7) is 6.18. The summed E-state index contributed by atoms with van der Waals surface area (Å²) in [4.78, 5) is 10.9. The molecule has 0 saturated carbocycles. The zero-order valence-electron chi connectivity index (χ0n) is 10.2. The Balaban J connectivity index is 1.98. The second kappa shape index (κ2) is 4.78. The number of anilines is 1. The van der Waals surface area contributed by atoms with Crippen LogP contribution in [0.5, 0.6) is 0 Å². The molecule has 1 aromatic heterocycles. The Hall–Kier alpha value is -1.16. The number of hydrogen-bond acceptors (Lipinski definition) is 4. The summed E-state index contributed by atoms with van der Waals surface area (Å²) in [5, 5.41) is 0. The van der Waals surface area contributed by atoms with Gasteiger partial charge in [0, 0.05) is 32.6 Å². The van der Waals surface area contributed by atoms with Crippen molar-refractivity contribution in [1.29, 1.82) is 0 Å². The van der Waals surface area contributed by atoms with E-state index in [2.05, 4.69) is 28.7 Å². The van der Waals surface area contributed by atoms with Gasteiger partial charge >= 0.3 is 0 Å². The van der Waals surface area contributed by atoms with E-state index in [1.807, 2.05) is 12.4 Å². The van der Waals surface area contributed by atoms with Crippen molar-refractivity contribution in [3.05, 3.63) is 18.0 Å². The first-order valence-electron chi connectivity index (χ1n) is 5.84. The van der Waals surface area contributed by atoms with E-state index in [4.69, 9.17) is 4.74 Å². The average Bonchev–Trinajstić information content (AvgIpc) is 2.27. The molecule has 1 aliphatic rings. The molecule has 0 radical (unpaired) electrons. The van der Waals surface area contributed by atoms with Gasteiger partial charge in [-0.3, -0.25) is 0 Å². The highest BCUT2D eigenvalue weighted by atomic mass is 16.5. The topological polar surface area (TPSA) is 38.2 Å². The molecule has 4 nitrogen and oxygen atoms in total. The lowest BCUT2D eigenvalue weighted by molar-refractivity contribution is 0.0778. The van der Waals surface area contributed by atoms with E-state index in [0.717, 1.165) is 25.5 Å². The molecule has 16 heavy (non-hydrogen) atoms. The minimum absolute atomic E-state index is 0.345. The second-order valence-corrected chi connectivity index (χ2v) is 4.39. The number of nitrogens with zero attached hydrogens (tertiary/aromatic N) is 3. The summed E-state index contributed by atoms with van der Waals surface area (Å²) in [7, 11) is 1.74. The number of ether oxygens (including phenoxy) is 1. The van der Waals surface area contributed by atoms with E-state index in [-0.39, 0.29) is 0 Å². The highest BCUT2D eigenvalue weighted by Crippen LogP contribution is 2.21. The Morgan fingerprint density at radius 1 is 1.44 bits per heavy atom. The van der Waals surface area contributed by atoms with E-state index in [1.165, 1.54) is 5.56 Å². The summed E-state index contributed by atoms with van der Waals surface area (Å²) in [6.07, 6.45) is 5.35. The first-order chi connectivity index (χ1) is 7.74. The molecule has 1 aliphatic heterocycles. The van der Waals surface area contributed by atoms with Crippen LogP contribution in [0, 0.1) is 0 Å². The van der Waals surface area contributed by atoms with Crippen molar-refractivity contribution in [3.8, 4) is 0 Å². The van der Waals surface area contributed by atoms with Gasteiger partial charge in [-0.15, -0.1) is 0 Å². The second-order valence-electron chi connectivity index (χ2n) is 4.39. The van der Waals surface area contributed by atoms with E-state index in [9.17, 15) is 0 Å². The molecule has 2 heterocycles. The van der Waals surface area contributed by atoms with Crippen molar-refractivity contribution in [3.63, 3.8) is 0 Å². The van der Waals surface area contributed by atoms with Crippen molar-refractivity contribution in [2.24, 2.45) is 0 Å². The summed E-state index contributed by atoms with van der Waals surface area (Å²) >= 11 is 0. The Kier molecular flexibility index (Phi) is 3.39. The molecule has 2 rings (SSSR count). The van der Waals surface area contributed by atoms with Crippen LogP contribution >= 0.6 is 0 Å². The number of rotatable bonds is 4. The molecule has 1 aromatic rings. The Morgan fingerprint density at radius 2 is 2.06 bits per heavy atom. The van der Waals surface area contributed by atoms with Gasteiger partial charge in [0.15, 0.2) is 0 Å². The van der Waals surface area contributed by atoms with Crippen molar-refractivity contribution < 1.29 is 4.74 Å². The lowest BCUT2D eigenvalue weighted by Gasteiger charge is -2.38. The van der Waals surface area contributed by atoms with Crippen molar-refractivity contribution in [2.45, 2.75) is 32.3 Å². The molecule has 88 valence electrons. The van der Waals surface area contributed by atoms with Crippen molar-refractivity contribution in [2.75, 3.05) is 25.1 Å². The average molecular weight is 221 g/mol. The number of aromatic nitrogens is 2. The predicted octanol–water partition coefficient (Wildman–Crippen LogP) is 1.83. The number of methoxy groups -OCH3 is 1. The van der Waals surface area contributed by atoms with Gasteiger partial charge in [0.2, 0.25) is 5.95 Å². The van der Waals surface area contributed by atoms with Crippen LogP contribution in [0.25, 0.3) is 0 Å². The maximum atomic E-state index is 5.22.